The molecule has 0 aliphatic heterocycles. The third-order valence-electron chi connectivity index (χ3n) is 2.34. The number of ether oxygens (including phenoxy) is 1. The lowest BCUT2D eigenvalue weighted by molar-refractivity contribution is 0.0774. The highest BCUT2D eigenvalue weighted by Crippen LogP contribution is 2.21. The van der Waals surface area contributed by atoms with E-state index in [-0.39, 0.29) is 12.1 Å². The zero-order chi connectivity index (χ0) is 14.1. The van der Waals surface area contributed by atoms with E-state index >= 15 is 0 Å². The number of carbonyl (C=O) groups is 1. The Labute approximate surface area is 123 Å². The maximum Gasteiger partial charge on any atom is 0.314 e. The van der Waals surface area contributed by atoms with Crippen molar-refractivity contribution in [3.8, 4) is 0 Å². The molecule has 2 amide bonds. The summed E-state index contributed by atoms with van der Waals surface area (Å²) >= 11 is 7.37. The monoisotopic (exact) mass is 304 g/mol. The van der Waals surface area contributed by atoms with Gasteiger partial charge in [-0.3, -0.25) is 0 Å². The Morgan fingerprint density at radius 1 is 1.37 bits per heavy atom. The summed E-state index contributed by atoms with van der Waals surface area (Å²) in [6.45, 7) is 5.91. The summed E-state index contributed by atoms with van der Waals surface area (Å²) in [7, 11) is 0. The zero-order valence-electron chi connectivity index (χ0n) is 11.4. The van der Waals surface area contributed by atoms with Crippen molar-refractivity contribution in [2.75, 3.05) is 19.7 Å². The van der Waals surface area contributed by atoms with Crippen LogP contribution in [0.2, 0.25) is 4.34 Å². The second-order valence-corrected chi connectivity index (χ2v) is 6.21. The van der Waals surface area contributed by atoms with Crippen LogP contribution < -0.4 is 10.6 Å². The van der Waals surface area contributed by atoms with Crippen LogP contribution in [0, 0.1) is 0 Å². The minimum absolute atomic E-state index is 0.132. The highest BCUT2D eigenvalue weighted by atomic mass is 35.5. The Balaban J connectivity index is 1.99. The average molecular weight is 305 g/mol. The molecule has 1 aromatic heterocycles. The highest BCUT2D eigenvalue weighted by molar-refractivity contribution is 7.16. The van der Waals surface area contributed by atoms with Gasteiger partial charge in [0.25, 0.3) is 0 Å². The van der Waals surface area contributed by atoms with Crippen molar-refractivity contribution in [2.24, 2.45) is 0 Å². The van der Waals surface area contributed by atoms with E-state index in [1.165, 1.54) is 4.88 Å². The van der Waals surface area contributed by atoms with Crippen LogP contribution in [-0.4, -0.2) is 31.8 Å². The van der Waals surface area contributed by atoms with Crippen molar-refractivity contribution in [2.45, 2.75) is 32.8 Å². The fraction of sp³-hybridized carbons (Fsp3) is 0.615. The summed E-state index contributed by atoms with van der Waals surface area (Å²) in [4.78, 5) is 12.6. The summed E-state index contributed by atoms with van der Waals surface area (Å²) in [5.74, 6) is 0. The van der Waals surface area contributed by atoms with E-state index in [0.29, 0.717) is 19.7 Å². The van der Waals surface area contributed by atoms with Crippen LogP contribution >= 0.6 is 22.9 Å². The second-order valence-electron chi connectivity index (χ2n) is 4.41. The van der Waals surface area contributed by atoms with E-state index < -0.39 is 0 Å². The number of hydrogen-bond donors (Lipinski definition) is 2. The number of halogens is 1. The van der Waals surface area contributed by atoms with E-state index in [4.69, 9.17) is 16.3 Å². The molecular weight excluding hydrogens is 284 g/mol. The minimum Gasteiger partial charge on any atom is -0.379 e. The lowest BCUT2D eigenvalue weighted by Crippen LogP contribution is -2.37. The molecule has 0 saturated heterocycles. The molecule has 1 heterocycles. The molecule has 0 radical (unpaired) electrons. The molecular formula is C13H21ClN2O2S. The van der Waals surface area contributed by atoms with Crippen LogP contribution in [-0.2, 0) is 11.2 Å². The first-order chi connectivity index (χ1) is 9.08. The predicted octanol–water partition coefficient (Wildman–Crippen LogP) is 3.06. The van der Waals surface area contributed by atoms with Gasteiger partial charge in [0.15, 0.2) is 0 Å². The Kier molecular flexibility index (Phi) is 7.86. The van der Waals surface area contributed by atoms with Crippen molar-refractivity contribution in [1.29, 1.82) is 0 Å². The van der Waals surface area contributed by atoms with E-state index in [0.717, 1.165) is 17.2 Å². The van der Waals surface area contributed by atoms with Gasteiger partial charge in [-0.1, -0.05) is 11.6 Å². The Morgan fingerprint density at radius 3 is 2.74 bits per heavy atom. The number of rotatable bonds is 8. The Bertz CT molecular complexity index is 382. The standard InChI is InChI=1S/C13H21ClN2O2S/c1-10(2)18-9-3-7-15-13(17)16-8-6-11-4-5-12(14)19-11/h4-5,10H,3,6-9H2,1-2H3,(H2,15,16,17). The molecule has 1 rings (SSSR count). The number of nitrogens with one attached hydrogen (secondary N) is 2. The lowest BCUT2D eigenvalue weighted by Gasteiger charge is -2.09. The summed E-state index contributed by atoms with van der Waals surface area (Å²) < 4.78 is 6.16. The Morgan fingerprint density at radius 2 is 2.11 bits per heavy atom. The third kappa shape index (κ3) is 8.08. The zero-order valence-corrected chi connectivity index (χ0v) is 12.9. The van der Waals surface area contributed by atoms with Crippen LogP contribution in [0.4, 0.5) is 4.79 Å². The van der Waals surface area contributed by atoms with Crippen LogP contribution in [0.5, 0.6) is 0 Å². The van der Waals surface area contributed by atoms with Gasteiger partial charge in [0, 0.05) is 24.6 Å². The first-order valence-electron chi connectivity index (χ1n) is 6.45. The molecule has 0 aromatic carbocycles. The minimum atomic E-state index is -0.132. The summed E-state index contributed by atoms with van der Waals surface area (Å²) in [6.07, 6.45) is 1.87. The van der Waals surface area contributed by atoms with Crippen molar-refractivity contribution >= 4 is 29.0 Å². The molecule has 6 heteroatoms. The molecule has 4 nitrogen and oxygen atoms in total. The van der Waals surface area contributed by atoms with E-state index in [9.17, 15) is 4.79 Å². The summed E-state index contributed by atoms with van der Waals surface area (Å²) in [5.41, 5.74) is 0. The molecule has 0 bridgehead atoms. The lowest BCUT2D eigenvalue weighted by atomic mass is 10.3. The van der Waals surface area contributed by atoms with Crippen molar-refractivity contribution in [1.82, 2.24) is 10.6 Å². The molecule has 0 aliphatic rings. The summed E-state index contributed by atoms with van der Waals surface area (Å²) in [5, 5.41) is 5.61. The molecule has 0 fully saturated rings. The average Bonchev–Trinajstić information content (AvgIpc) is 2.74. The van der Waals surface area contributed by atoms with Gasteiger partial charge in [-0.2, -0.15) is 0 Å². The van der Waals surface area contributed by atoms with Gasteiger partial charge in [0.05, 0.1) is 10.4 Å². The summed E-state index contributed by atoms with van der Waals surface area (Å²) in [6, 6.07) is 3.72. The van der Waals surface area contributed by atoms with Gasteiger partial charge in [-0.15, -0.1) is 11.3 Å². The third-order valence-corrected chi connectivity index (χ3v) is 3.63. The topological polar surface area (TPSA) is 50.4 Å². The first-order valence-corrected chi connectivity index (χ1v) is 7.65. The van der Waals surface area contributed by atoms with E-state index in [1.54, 1.807) is 11.3 Å². The van der Waals surface area contributed by atoms with Gasteiger partial charge in [0.1, 0.15) is 0 Å². The van der Waals surface area contributed by atoms with Crippen LogP contribution in [0.15, 0.2) is 12.1 Å². The predicted molar refractivity (Wildman–Crippen MR) is 80.1 cm³/mol. The van der Waals surface area contributed by atoms with Crippen molar-refractivity contribution in [3.63, 3.8) is 0 Å². The fourth-order valence-corrected chi connectivity index (χ4v) is 2.53. The molecule has 108 valence electrons. The maximum absolute atomic E-state index is 11.4. The number of carbonyl (C=O) groups excluding carboxylic acids is 1. The molecule has 0 saturated carbocycles. The van der Waals surface area contributed by atoms with Gasteiger partial charge in [0.2, 0.25) is 0 Å². The van der Waals surface area contributed by atoms with Gasteiger partial charge < -0.3 is 15.4 Å². The number of thiophene rings is 1. The van der Waals surface area contributed by atoms with E-state index in [2.05, 4.69) is 10.6 Å². The van der Waals surface area contributed by atoms with Gasteiger partial charge in [-0.05, 0) is 38.8 Å². The maximum atomic E-state index is 11.4. The highest BCUT2D eigenvalue weighted by Gasteiger charge is 2.01. The number of amides is 2. The number of urea groups is 1. The first kappa shape index (κ1) is 16.3. The second kappa shape index (κ2) is 9.18. The fourth-order valence-electron chi connectivity index (χ4n) is 1.44. The molecule has 0 atom stereocenters. The van der Waals surface area contributed by atoms with Gasteiger partial charge in [-0.25, -0.2) is 4.79 Å². The normalized spacial score (nSPS) is 10.7. The van der Waals surface area contributed by atoms with Gasteiger partial charge >= 0.3 is 6.03 Å². The van der Waals surface area contributed by atoms with Crippen LogP contribution in [0.1, 0.15) is 25.1 Å². The molecule has 0 aliphatic carbocycles. The van der Waals surface area contributed by atoms with Crippen molar-refractivity contribution in [3.05, 3.63) is 21.3 Å². The molecule has 1 aromatic rings. The number of hydrogen-bond acceptors (Lipinski definition) is 3. The SMILES string of the molecule is CC(C)OCCCNC(=O)NCCc1ccc(Cl)s1. The Hall–Kier alpha value is -0.780. The van der Waals surface area contributed by atoms with Crippen LogP contribution in [0.25, 0.3) is 0 Å². The van der Waals surface area contributed by atoms with Crippen LogP contribution in [0.3, 0.4) is 0 Å². The molecule has 0 unspecified atom stereocenters. The molecule has 2 N–H and O–H groups in total. The van der Waals surface area contributed by atoms with Crippen molar-refractivity contribution < 1.29 is 9.53 Å². The largest absolute Gasteiger partial charge is 0.379 e. The van der Waals surface area contributed by atoms with E-state index in [1.807, 2.05) is 26.0 Å². The smallest absolute Gasteiger partial charge is 0.314 e. The molecule has 0 spiro atoms. The quantitative estimate of drug-likeness (QED) is 0.725. The molecule has 19 heavy (non-hydrogen) atoms.